The van der Waals surface area contributed by atoms with E-state index in [-0.39, 0.29) is 6.61 Å². The number of nitrogens with two attached hydrogens (primary N) is 1. The van der Waals surface area contributed by atoms with E-state index in [4.69, 9.17) is 10.8 Å². The fourth-order valence-corrected chi connectivity index (χ4v) is 3.07. The normalized spacial score (nSPS) is 16.5. The molecule has 0 unspecified atom stereocenters. The van der Waals surface area contributed by atoms with Gasteiger partial charge in [-0.15, -0.1) is 11.3 Å². The first-order chi connectivity index (χ1) is 10.3. The molecule has 2 heterocycles. The summed E-state index contributed by atoms with van der Waals surface area (Å²) in [6.45, 7) is 4.76. The van der Waals surface area contributed by atoms with Crippen LogP contribution in [0.2, 0.25) is 0 Å². The van der Waals surface area contributed by atoms with Crippen molar-refractivity contribution in [1.82, 2.24) is 9.88 Å². The molecule has 21 heavy (non-hydrogen) atoms. The molecule has 7 heteroatoms. The largest absolute Gasteiger partial charge is 0.396 e. The lowest BCUT2D eigenvalue weighted by Crippen LogP contribution is -2.51. The van der Waals surface area contributed by atoms with Crippen molar-refractivity contribution < 1.29 is 5.11 Å². The van der Waals surface area contributed by atoms with Crippen LogP contribution in [0.15, 0.2) is 16.6 Å². The number of rotatable bonds is 7. The molecule has 0 atom stereocenters. The molecular weight excluding hydrogens is 286 g/mol. The molecule has 0 aromatic carbocycles. The van der Waals surface area contributed by atoms with Gasteiger partial charge < -0.3 is 20.6 Å². The van der Waals surface area contributed by atoms with Gasteiger partial charge in [-0.1, -0.05) is 12.8 Å². The maximum atomic E-state index is 8.71. The summed E-state index contributed by atoms with van der Waals surface area (Å²) in [7, 11) is 0. The predicted octanol–water partition coefficient (Wildman–Crippen LogP) is 1.13. The molecule has 1 saturated heterocycles. The Morgan fingerprint density at radius 3 is 2.67 bits per heavy atom. The Morgan fingerprint density at radius 1 is 1.24 bits per heavy atom. The highest BCUT2D eigenvalue weighted by molar-refractivity contribution is 7.13. The third-order valence-corrected chi connectivity index (χ3v) is 4.47. The maximum absolute atomic E-state index is 8.71. The summed E-state index contributed by atoms with van der Waals surface area (Å²) in [5.41, 5.74) is 6.06. The first-order valence-electron chi connectivity index (χ1n) is 7.61. The Balaban J connectivity index is 1.66. The Hall–Kier alpha value is -1.34. The van der Waals surface area contributed by atoms with Crippen LogP contribution in [0.25, 0.3) is 0 Å². The van der Waals surface area contributed by atoms with Gasteiger partial charge in [0.25, 0.3) is 0 Å². The molecule has 118 valence electrons. The number of thiazole rings is 1. The van der Waals surface area contributed by atoms with Crippen molar-refractivity contribution in [1.29, 1.82) is 0 Å². The van der Waals surface area contributed by atoms with Gasteiger partial charge in [0.05, 0.1) is 0 Å². The van der Waals surface area contributed by atoms with E-state index < -0.39 is 0 Å². The number of aliphatic hydroxyl groups excluding tert-OH is 1. The van der Waals surface area contributed by atoms with Gasteiger partial charge in [-0.3, -0.25) is 4.99 Å². The lowest BCUT2D eigenvalue weighted by molar-refractivity contribution is 0.282. The van der Waals surface area contributed by atoms with Gasteiger partial charge in [-0.2, -0.15) is 0 Å². The van der Waals surface area contributed by atoms with Crippen molar-refractivity contribution in [2.24, 2.45) is 10.7 Å². The first kappa shape index (κ1) is 16.0. The van der Waals surface area contributed by atoms with Gasteiger partial charge in [0.15, 0.2) is 11.1 Å². The number of guanidine groups is 1. The minimum absolute atomic E-state index is 0.286. The molecule has 6 nitrogen and oxygen atoms in total. The fourth-order valence-electron chi connectivity index (χ4n) is 2.37. The average molecular weight is 311 g/mol. The van der Waals surface area contributed by atoms with Crippen molar-refractivity contribution in [2.75, 3.05) is 44.2 Å². The van der Waals surface area contributed by atoms with Crippen LogP contribution in [0.4, 0.5) is 5.13 Å². The van der Waals surface area contributed by atoms with E-state index in [1.54, 1.807) is 11.3 Å². The second-order valence-electron chi connectivity index (χ2n) is 5.17. The van der Waals surface area contributed by atoms with Crippen molar-refractivity contribution in [3.05, 3.63) is 11.6 Å². The predicted molar refractivity (Wildman–Crippen MR) is 87.9 cm³/mol. The molecule has 0 spiro atoms. The third kappa shape index (κ3) is 5.17. The highest BCUT2D eigenvalue weighted by Crippen LogP contribution is 2.18. The molecule has 1 aromatic heterocycles. The quantitative estimate of drug-likeness (QED) is 0.448. The monoisotopic (exact) mass is 311 g/mol. The number of aliphatic hydroxyl groups is 1. The molecule has 0 bridgehead atoms. The number of aliphatic imine (C=N–C) groups is 1. The van der Waals surface area contributed by atoms with E-state index in [0.717, 1.165) is 63.5 Å². The molecule has 1 aromatic rings. The lowest BCUT2D eigenvalue weighted by atomic mass is 10.2. The minimum Gasteiger partial charge on any atom is -0.396 e. The van der Waals surface area contributed by atoms with Crippen LogP contribution < -0.4 is 10.6 Å². The molecule has 0 amide bonds. The van der Waals surface area contributed by atoms with Gasteiger partial charge in [-0.05, 0) is 12.8 Å². The fraction of sp³-hybridized carbons (Fsp3) is 0.714. The number of piperazine rings is 1. The molecule has 1 fully saturated rings. The van der Waals surface area contributed by atoms with Crippen LogP contribution in [-0.4, -0.2) is 60.3 Å². The summed E-state index contributed by atoms with van der Waals surface area (Å²) in [4.78, 5) is 13.2. The molecule has 0 radical (unpaired) electrons. The van der Waals surface area contributed by atoms with Crippen LogP contribution >= 0.6 is 11.3 Å². The van der Waals surface area contributed by atoms with Gasteiger partial charge in [0, 0.05) is 50.9 Å². The van der Waals surface area contributed by atoms with Crippen LogP contribution in [0.1, 0.15) is 25.7 Å². The van der Waals surface area contributed by atoms with Crippen LogP contribution in [-0.2, 0) is 0 Å². The zero-order valence-electron chi connectivity index (χ0n) is 12.4. The Labute approximate surface area is 130 Å². The number of nitrogens with zero attached hydrogens (tertiary/aromatic N) is 4. The van der Waals surface area contributed by atoms with Crippen molar-refractivity contribution >= 4 is 22.4 Å². The van der Waals surface area contributed by atoms with E-state index in [1.807, 2.05) is 11.6 Å². The maximum Gasteiger partial charge on any atom is 0.191 e. The Bertz CT molecular complexity index is 415. The smallest absolute Gasteiger partial charge is 0.191 e. The Kier molecular flexibility index (Phi) is 6.75. The van der Waals surface area contributed by atoms with Crippen molar-refractivity contribution in [3.63, 3.8) is 0 Å². The van der Waals surface area contributed by atoms with Crippen molar-refractivity contribution in [2.45, 2.75) is 25.7 Å². The third-order valence-electron chi connectivity index (χ3n) is 3.63. The summed E-state index contributed by atoms with van der Waals surface area (Å²) >= 11 is 1.68. The zero-order valence-corrected chi connectivity index (χ0v) is 13.3. The van der Waals surface area contributed by atoms with E-state index in [9.17, 15) is 0 Å². The number of aromatic nitrogens is 1. The van der Waals surface area contributed by atoms with Gasteiger partial charge in [0.2, 0.25) is 0 Å². The lowest BCUT2D eigenvalue weighted by Gasteiger charge is -2.35. The number of unbranched alkanes of at least 4 members (excludes halogenated alkanes) is 3. The zero-order chi connectivity index (χ0) is 14.9. The molecule has 0 saturated carbocycles. The second kappa shape index (κ2) is 8.84. The standard InChI is InChI=1S/C14H25N5OS/c15-13(16-5-3-1-2-4-11-20)18-7-9-19(10-8-18)14-17-6-12-21-14/h6,12,20H,1-5,7-11H2,(H2,15,16). The van der Waals surface area contributed by atoms with E-state index in [1.165, 1.54) is 0 Å². The van der Waals surface area contributed by atoms with Gasteiger partial charge in [-0.25, -0.2) is 4.98 Å². The Morgan fingerprint density at radius 2 is 2.00 bits per heavy atom. The molecule has 2 rings (SSSR count). The van der Waals surface area contributed by atoms with Gasteiger partial charge >= 0.3 is 0 Å². The average Bonchev–Trinajstić information content (AvgIpc) is 3.05. The summed E-state index contributed by atoms with van der Waals surface area (Å²) in [6.07, 6.45) is 5.95. The second-order valence-corrected chi connectivity index (χ2v) is 6.04. The highest BCUT2D eigenvalue weighted by atomic mass is 32.1. The number of hydrogen-bond acceptors (Lipinski definition) is 5. The highest BCUT2D eigenvalue weighted by Gasteiger charge is 2.19. The number of hydrogen-bond donors (Lipinski definition) is 2. The summed E-state index contributed by atoms with van der Waals surface area (Å²) in [6, 6.07) is 0. The summed E-state index contributed by atoms with van der Waals surface area (Å²) < 4.78 is 0. The van der Waals surface area contributed by atoms with E-state index >= 15 is 0 Å². The minimum atomic E-state index is 0.286. The van der Waals surface area contributed by atoms with Crippen LogP contribution in [0.3, 0.4) is 0 Å². The summed E-state index contributed by atoms with van der Waals surface area (Å²) in [5, 5.41) is 11.8. The number of anilines is 1. The topological polar surface area (TPSA) is 78.0 Å². The first-order valence-corrected chi connectivity index (χ1v) is 8.49. The molecule has 1 aliphatic heterocycles. The molecule has 3 N–H and O–H groups in total. The molecule has 0 aliphatic carbocycles. The molecule has 1 aliphatic rings. The van der Waals surface area contributed by atoms with E-state index in [0.29, 0.717) is 5.96 Å². The van der Waals surface area contributed by atoms with Crippen LogP contribution in [0, 0.1) is 0 Å². The summed E-state index contributed by atoms with van der Waals surface area (Å²) in [5.74, 6) is 0.663. The molecular formula is C14H25N5OS. The van der Waals surface area contributed by atoms with Crippen molar-refractivity contribution in [3.8, 4) is 0 Å². The van der Waals surface area contributed by atoms with Gasteiger partial charge in [0.1, 0.15) is 0 Å². The van der Waals surface area contributed by atoms with Crippen LogP contribution in [0.5, 0.6) is 0 Å². The van der Waals surface area contributed by atoms with E-state index in [2.05, 4.69) is 19.8 Å². The SMILES string of the molecule is NC(=NCCCCCCO)N1CCN(c2nccs2)CC1.